The minimum Gasteiger partial charge on any atom is -0.355 e. The summed E-state index contributed by atoms with van der Waals surface area (Å²) in [6.07, 6.45) is 0.436. The zero-order valence-electron chi connectivity index (χ0n) is 11.4. The van der Waals surface area contributed by atoms with Crippen molar-refractivity contribution in [1.82, 2.24) is 15.5 Å². The van der Waals surface area contributed by atoms with Crippen molar-refractivity contribution in [1.29, 1.82) is 0 Å². The maximum Gasteiger partial charge on any atom is 0.236 e. The van der Waals surface area contributed by atoms with E-state index in [-0.39, 0.29) is 17.9 Å². The number of hydrogen-bond donors (Lipinski definition) is 2. The molecule has 0 fully saturated rings. The first-order chi connectivity index (χ1) is 8.06. The molecular weight excluding hydrogens is 218 g/mol. The van der Waals surface area contributed by atoms with Crippen LogP contribution in [0.5, 0.6) is 0 Å². The molecule has 1 atom stereocenters. The molecule has 0 aliphatic heterocycles. The molecule has 0 aromatic rings. The highest BCUT2D eigenvalue weighted by Gasteiger charge is 2.13. The van der Waals surface area contributed by atoms with Gasteiger partial charge < -0.3 is 15.5 Å². The Bertz CT molecular complexity index is 240. The van der Waals surface area contributed by atoms with Crippen LogP contribution in [0.2, 0.25) is 0 Å². The van der Waals surface area contributed by atoms with Crippen molar-refractivity contribution in [3.63, 3.8) is 0 Å². The molecule has 0 saturated heterocycles. The van der Waals surface area contributed by atoms with E-state index in [0.29, 0.717) is 19.5 Å². The summed E-state index contributed by atoms with van der Waals surface area (Å²) < 4.78 is 0. The Labute approximate surface area is 104 Å². The minimum absolute atomic E-state index is 0.0252. The number of carbonyl (C=O) groups excluding carboxylic acids is 2. The molecule has 0 aliphatic carbocycles. The summed E-state index contributed by atoms with van der Waals surface area (Å²) in [5, 5.41) is 5.77. The quantitative estimate of drug-likeness (QED) is 0.647. The van der Waals surface area contributed by atoms with Crippen molar-refractivity contribution in [2.24, 2.45) is 0 Å². The Balaban J connectivity index is 3.83. The van der Waals surface area contributed by atoms with Crippen molar-refractivity contribution < 1.29 is 9.59 Å². The molecule has 0 aliphatic rings. The van der Waals surface area contributed by atoms with Gasteiger partial charge in [-0.05, 0) is 27.7 Å². The van der Waals surface area contributed by atoms with E-state index in [4.69, 9.17) is 0 Å². The number of carbonyl (C=O) groups is 2. The molecule has 0 aromatic carbocycles. The second-order valence-corrected chi connectivity index (χ2v) is 3.89. The van der Waals surface area contributed by atoms with Crippen LogP contribution in [0, 0.1) is 0 Å². The van der Waals surface area contributed by atoms with Gasteiger partial charge >= 0.3 is 0 Å². The summed E-state index contributed by atoms with van der Waals surface area (Å²) in [7, 11) is 0. The zero-order chi connectivity index (χ0) is 13.3. The number of amides is 2. The van der Waals surface area contributed by atoms with Crippen LogP contribution < -0.4 is 10.6 Å². The van der Waals surface area contributed by atoms with E-state index in [1.165, 1.54) is 0 Å². The van der Waals surface area contributed by atoms with Crippen molar-refractivity contribution in [2.75, 3.05) is 26.2 Å². The van der Waals surface area contributed by atoms with E-state index in [0.717, 1.165) is 13.1 Å². The highest BCUT2D eigenvalue weighted by molar-refractivity contribution is 5.81. The SMILES string of the molecule is CCNC(=O)C(C)NCCC(=O)N(CC)CC. The van der Waals surface area contributed by atoms with Gasteiger partial charge in [0, 0.05) is 32.6 Å². The smallest absolute Gasteiger partial charge is 0.236 e. The van der Waals surface area contributed by atoms with Crippen LogP contribution in [-0.4, -0.2) is 48.9 Å². The second kappa shape index (κ2) is 8.98. The first kappa shape index (κ1) is 15.9. The van der Waals surface area contributed by atoms with Crippen molar-refractivity contribution >= 4 is 11.8 Å². The maximum atomic E-state index is 11.7. The van der Waals surface area contributed by atoms with Gasteiger partial charge in [-0.1, -0.05) is 0 Å². The fourth-order valence-corrected chi connectivity index (χ4v) is 1.55. The normalized spacial score (nSPS) is 12.0. The summed E-state index contributed by atoms with van der Waals surface area (Å²) in [6.45, 7) is 10.2. The van der Waals surface area contributed by atoms with E-state index in [2.05, 4.69) is 10.6 Å². The van der Waals surface area contributed by atoms with Gasteiger partial charge in [0.2, 0.25) is 11.8 Å². The molecule has 0 rings (SSSR count). The van der Waals surface area contributed by atoms with E-state index in [9.17, 15) is 9.59 Å². The van der Waals surface area contributed by atoms with E-state index >= 15 is 0 Å². The summed E-state index contributed by atoms with van der Waals surface area (Å²) in [6, 6.07) is -0.251. The Hall–Kier alpha value is -1.10. The summed E-state index contributed by atoms with van der Waals surface area (Å²) in [4.78, 5) is 24.9. The number of rotatable bonds is 8. The highest BCUT2D eigenvalue weighted by Crippen LogP contribution is 1.93. The molecule has 5 heteroatoms. The fraction of sp³-hybridized carbons (Fsp3) is 0.833. The molecule has 1 unspecified atom stereocenters. The van der Waals surface area contributed by atoms with Gasteiger partial charge in [0.1, 0.15) is 0 Å². The Morgan fingerprint density at radius 2 is 1.76 bits per heavy atom. The molecule has 0 radical (unpaired) electrons. The molecule has 5 nitrogen and oxygen atoms in total. The van der Waals surface area contributed by atoms with E-state index < -0.39 is 0 Å². The fourth-order valence-electron chi connectivity index (χ4n) is 1.55. The van der Waals surface area contributed by atoms with Crippen LogP contribution in [0.15, 0.2) is 0 Å². The lowest BCUT2D eigenvalue weighted by Crippen LogP contribution is -2.43. The van der Waals surface area contributed by atoms with Crippen LogP contribution in [0.3, 0.4) is 0 Å². The maximum absolute atomic E-state index is 11.7. The zero-order valence-corrected chi connectivity index (χ0v) is 11.4. The molecule has 2 amide bonds. The van der Waals surface area contributed by atoms with Crippen LogP contribution in [-0.2, 0) is 9.59 Å². The summed E-state index contributed by atoms with van der Waals surface area (Å²) in [5.74, 6) is 0.105. The number of hydrogen-bond acceptors (Lipinski definition) is 3. The Kier molecular flexibility index (Phi) is 8.40. The lowest BCUT2D eigenvalue weighted by Gasteiger charge is -2.19. The summed E-state index contributed by atoms with van der Waals surface area (Å²) in [5.41, 5.74) is 0. The van der Waals surface area contributed by atoms with E-state index in [1.54, 1.807) is 11.8 Å². The lowest BCUT2D eigenvalue weighted by molar-refractivity contribution is -0.131. The van der Waals surface area contributed by atoms with Crippen molar-refractivity contribution in [2.45, 2.75) is 40.2 Å². The second-order valence-electron chi connectivity index (χ2n) is 3.89. The molecule has 0 bridgehead atoms. The van der Waals surface area contributed by atoms with E-state index in [1.807, 2.05) is 20.8 Å². The third-order valence-electron chi connectivity index (χ3n) is 2.65. The standard InChI is InChI=1S/C12H25N3O2/c1-5-13-12(17)10(4)14-9-8-11(16)15(6-2)7-3/h10,14H,5-9H2,1-4H3,(H,13,17). The Morgan fingerprint density at radius 3 is 2.24 bits per heavy atom. The third-order valence-corrected chi connectivity index (χ3v) is 2.65. The summed E-state index contributed by atoms with van der Waals surface area (Å²) >= 11 is 0. The molecule has 17 heavy (non-hydrogen) atoms. The molecule has 0 aromatic heterocycles. The molecule has 0 saturated carbocycles. The largest absolute Gasteiger partial charge is 0.355 e. The monoisotopic (exact) mass is 243 g/mol. The van der Waals surface area contributed by atoms with Crippen molar-refractivity contribution in [3.05, 3.63) is 0 Å². The number of nitrogens with zero attached hydrogens (tertiary/aromatic N) is 1. The predicted octanol–water partition coefficient (Wildman–Crippen LogP) is 0.359. The van der Waals surface area contributed by atoms with Gasteiger partial charge in [0.25, 0.3) is 0 Å². The van der Waals surface area contributed by atoms with Gasteiger partial charge in [-0.25, -0.2) is 0 Å². The highest BCUT2D eigenvalue weighted by atomic mass is 16.2. The van der Waals surface area contributed by atoms with Gasteiger partial charge in [0.15, 0.2) is 0 Å². The van der Waals surface area contributed by atoms with Crippen LogP contribution in [0.25, 0.3) is 0 Å². The third kappa shape index (κ3) is 6.26. The van der Waals surface area contributed by atoms with Gasteiger partial charge in [-0.3, -0.25) is 9.59 Å². The molecular formula is C12H25N3O2. The first-order valence-electron chi connectivity index (χ1n) is 6.35. The van der Waals surface area contributed by atoms with Crippen LogP contribution in [0.4, 0.5) is 0 Å². The molecule has 0 spiro atoms. The topological polar surface area (TPSA) is 61.4 Å². The predicted molar refractivity (Wildman–Crippen MR) is 68.7 cm³/mol. The number of nitrogens with one attached hydrogen (secondary N) is 2. The average molecular weight is 243 g/mol. The molecule has 2 N–H and O–H groups in total. The number of likely N-dealkylation sites (N-methyl/N-ethyl adjacent to an activating group) is 1. The van der Waals surface area contributed by atoms with Crippen LogP contribution in [0.1, 0.15) is 34.1 Å². The molecule has 0 heterocycles. The van der Waals surface area contributed by atoms with Gasteiger partial charge in [0.05, 0.1) is 6.04 Å². The minimum atomic E-state index is -0.251. The molecule has 100 valence electrons. The van der Waals surface area contributed by atoms with Crippen molar-refractivity contribution in [3.8, 4) is 0 Å². The lowest BCUT2D eigenvalue weighted by atomic mass is 10.3. The first-order valence-corrected chi connectivity index (χ1v) is 6.35. The van der Waals surface area contributed by atoms with Gasteiger partial charge in [-0.15, -0.1) is 0 Å². The average Bonchev–Trinajstić information content (AvgIpc) is 2.30. The Morgan fingerprint density at radius 1 is 1.18 bits per heavy atom. The van der Waals surface area contributed by atoms with Gasteiger partial charge in [-0.2, -0.15) is 0 Å². The van der Waals surface area contributed by atoms with Crippen LogP contribution >= 0.6 is 0 Å².